The lowest BCUT2D eigenvalue weighted by molar-refractivity contribution is -0.384. The van der Waals surface area contributed by atoms with Crippen LogP contribution in [0.4, 0.5) is 42.1 Å². The molecule has 0 fully saturated rings. The van der Waals surface area contributed by atoms with E-state index in [1.807, 2.05) is 0 Å². The average molecular weight is 426 g/mol. The van der Waals surface area contributed by atoms with Crippen LogP contribution in [0.2, 0.25) is 0 Å². The summed E-state index contributed by atoms with van der Waals surface area (Å²) >= 11 is 0. The number of carbonyl (C=O) groups excluding carboxylic acids is 1. The van der Waals surface area contributed by atoms with Gasteiger partial charge in [0, 0.05) is 12.1 Å². The minimum absolute atomic E-state index is 0.0346. The van der Waals surface area contributed by atoms with E-state index >= 15 is 0 Å². The van der Waals surface area contributed by atoms with Gasteiger partial charge in [-0.25, -0.2) is 4.39 Å². The molecule has 156 valence electrons. The zero-order valence-electron chi connectivity index (χ0n) is 13.8. The Bertz CT molecular complexity index is 897. The zero-order valence-corrected chi connectivity index (χ0v) is 13.8. The maximum Gasteiger partial charge on any atom is 0.409 e. The molecule has 0 saturated carbocycles. The number of non-ortho nitro benzene ring substituents is 1. The number of rotatable bonds is 5. The van der Waals surface area contributed by atoms with E-state index in [0.29, 0.717) is 6.07 Å². The number of benzene rings is 2. The molecule has 2 aromatic carbocycles. The third-order valence-corrected chi connectivity index (χ3v) is 3.34. The van der Waals surface area contributed by atoms with Crippen molar-refractivity contribution in [3.63, 3.8) is 0 Å². The van der Waals surface area contributed by atoms with E-state index in [0.717, 1.165) is 36.4 Å². The molecule has 13 heteroatoms. The fraction of sp³-hybridized carbons (Fsp3) is 0.188. The van der Waals surface area contributed by atoms with Crippen molar-refractivity contribution in [1.29, 1.82) is 0 Å². The molecule has 0 aliphatic rings. The lowest BCUT2D eigenvalue weighted by Gasteiger charge is -2.22. The highest BCUT2D eigenvalue weighted by Gasteiger charge is 2.61. The molecule has 0 spiro atoms. The molecule has 2 aromatic rings. The summed E-state index contributed by atoms with van der Waals surface area (Å²) in [6, 6.07) is 6.34. The second kappa shape index (κ2) is 7.93. The molecule has 0 aliphatic carbocycles. The summed E-state index contributed by atoms with van der Waals surface area (Å²) in [6.45, 7) is 0. The lowest BCUT2D eigenvalue weighted by atomic mass is 10.1. The van der Waals surface area contributed by atoms with Gasteiger partial charge in [0.15, 0.2) is 0 Å². The number of carbonyl (C=O) groups is 1. The first kappa shape index (κ1) is 21.9. The van der Waals surface area contributed by atoms with Gasteiger partial charge in [-0.15, -0.1) is 0 Å². The van der Waals surface area contributed by atoms with Gasteiger partial charge in [0.25, 0.3) is 5.69 Å². The number of nitro groups is 1. The molecule has 1 amide bonds. The minimum Gasteiger partial charge on any atom is -0.457 e. The molecular weight excluding hydrogens is 417 g/mol. The molecular formula is C16H9F7N2O4. The van der Waals surface area contributed by atoms with Crippen molar-refractivity contribution in [2.45, 2.75) is 12.4 Å². The van der Waals surface area contributed by atoms with Crippen molar-refractivity contribution in [3.8, 4) is 11.5 Å². The molecule has 6 nitrogen and oxygen atoms in total. The van der Waals surface area contributed by atoms with Gasteiger partial charge in [0.05, 0.1) is 16.7 Å². The second-order valence-electron chi connectivity index (χ2n) is 5.53. The van der Waals surface area contributed by atoms with Crippen molar-refractivity contribution < 1.29 is 45.2 Å². The number of amides is 1. The number of nitro benzene ring substituents is 1. The fourth-order valence-electron chi connectivity index (χ4n) is 2.16. The Kier molecular flexibility index (Phi) is 5.99. The standard InChI is InChI=1S/C16H9F7N2O4/c17-8-1-3-11(4-2-8)29-12-6-9(5-10(7-12)25(27)28)24-14(26)13(15(18,19)20)16(21,22)23/h1-7,13H,(H,24,26). The molecule has 0 aliphatic heterocycles. The van der Waals surface area contributed by atoms with Crippen molar-refractivity contribution in [1.82, 2.24) is 0 Å². The van der Waals surface area contributed by atoms with Gasteiger partial charge in [0.2, 0.25) is 11.8 Å². The number of nitrogens with zero attached hydrogens (tertiary/aromatic N) is 1. The number of hydrogen-bond donors (Lipinski definition) is 1. The van der Waals surface area contributed by atoms with Gasteiger partial charge in [0.1, 0.15) is 17.3 Å². The number of halogens is 7. The molecule has 0 radical (unpaired) electrons. The van der Waals surface area contributed by atoms with Gasteiger partial charge in [-0.1, -0.05) is 0 Å². The summed E-state index contributed by atoms with van der Waals surface area (Å²) in [5, 5.41) is 12.3. The van der Waals surface area contributed by atoms with Crippen molar-refractivity contribution >= 4 is 17.3 Å². The molecule has 0 heterocycles. The number of alkyl halides is 6. The number of hydrogen-bond acceptors (Lipinski definition) is 4. The summed E-state index contributed by atoms with van der Waals surface area (Å²) in [4.78, 5) is 21.6. The Morgan fingerprint density at radius 1 is 0.966 bits per heavy atom. The highest BCUT2D eigenvalue weighted by Crippen LogP contribution is 2.40. The molecule has 0 atom stereocenters. The second-order valence-corrected chi connectivity index (χ2v) is 5.53. The van der Waals surface area contributed by atoms with Crippen LogP contribution < -0.4 is 10.1 Å². The zero-order chi connectivity index (χ0) is 22.0. The SMILES string of the molecule is O=C(Nc1cc(Oc2ccc(F)cc2)cc([N+](=O)[O-])c1)C(C(F)(F)F)C(F)(F)F. The van der Waals surface area contributed by atoms with Gasteiger partial charge in [-0.2, -0.15) is 26.3 Å². The summed E-state index contributed by atoms with van der Waals surface area (Å²) < 4.78 is 93.9. The van der Waals surface area contributed by atoms with E-state index in [9.17, 15) is 45.6 Å². The summed E-state index contributed by atoms with van der Waals surface area (Å²) in [7, 11) is 0. The predicted octanol–water partition coefficient (Wildman–Crippen LogP) is 5.21. The van der Waals surface area contributed by atoms with Crippen LogP contribution in [0.1, 0.15) is 0 Å². The van der Waals surface area contributed by atoms with E-state index in [4.69, 9.17) is 4.74 Å². The van der Waals surface area contributed by atoms with Gasteiger partial charge in [-0.3, -0.25) is 14.9 Å². The summed E-state index contributed by atoms with van der Waals surface area (Å²) in [5.74, 6) is -7.87. The van der Waals surface area contributed by atoms with E-state index in [1.54, 1.807) is 0 Å². The van der Waals surface area contributed by atoms with E-state index in [2.05, 4.69) is 0 Å². The Hall–Kier alpha value is -3.38. The van der Waals surface area contributed by atoms with Crippen LogP contribution in [0, 0.1) is 21.8 Å². The largest absolute Gasteiger partial charge is 0.457 e. The van der Waals surface area contributed by atoms with Gasteiger partial charge >= 0.3 is 12.4 Å². The smallest absolute Gasteiger partial charge is 0.409 e. The fourth-order valence-corrected chi connectivity index (χ4v) is 2.16. The summed E-state index contributed by atoms with van der Waals surface area (Å²) in [5.41, 5.74) is -1.52. The third kappa shape index (κ3) is 5.80. The molecule has 0 bridgehead atoms. The third-order valence-electron chi connectivity index (χ3n) is 3.34. The predicted molar refractivity (Wildman–Crippen MR) is 83.8 cm³/mol. The van der Waals surface area contributed by atoms with Crippen LogP contribution in [0.5, 0.6) is 11.5 Å². The number of ether oxygens (including phenoxy) is 1. The number of nitrogens with one attached hydrogen (secondary N) is 1. The summed E-state index contributed by atoms with van der Waals surface area (Å²) in [6.07, 6.45) is -11.9. The molecule has 29 heavy (non-hydrogen) atoms. The Morgan fingerprint density at radius 2 is 1.52 bits per heavy atom. The monoisotopic (exact) mass is 426 g/mol. The van der Waals surface area contributed by atoms with Gasteiger partial charge in [-0.05, 0) is 24.3 Å². The molecule has 1 N–H and O–H groups in total. The quantitative estimate of drug-likeness (QED) is 0.405. The van der Waals surface area contributed by atoms with Crippen LogP contribution in [0.3, 0.4) is 0 Å². The first-order valence-corrected chi connectivity index (χ1v) is 7.44. The van der Waals surface area contributed by atoms with Gasteiger partial charge < -0.3 is 10.1 Å². The molecule has 0 unspecified atom stereocenters. The van der Waals surface area contributed by atoms with E-state index in [1.165, 1.54) is 5.32 Å². The van der Waals surface area contributed by atoms with Crippen LogP contribution in [-0.2, 0) is 4.79 Å². The Balaban J connectivity index is 2.36. The lowest BCUT2D eigenvalue weighted by Crippen LogP contribution is -2.45. The van der Waals surface area contributed by atoms with Crippen LogP contribution in [0.15, 0.2) is 42.5 Å². The highest BCUT2D eigenvalue weighted by atomic mass is 19.4. The van der Waals surface area contributed by atoms with Crippen molar-refractivity contribution in [3.05, 3.63) is 58.4 Å². The maximum atomic E-state index is 12.9. The topological polar surface area (TPSA) is 81.5 Å². The molecule has 2 rings (SSSR count). The minimum atomic E-state index is -5.93. The molecule has 0 saturated heterocycles. The molecule has 0 aromatic heterocycles. The maximum absolute atomic E-state index is 12.9. The van der Waals surface area contributed by atoms with Crippen LogP contribution in [-0.4, -0.2) is 23.2 Å². The van der Waals surface area contributed by atoms with Crippen molar-refractivity contribution in [2.75, 3.05) is 5.32 Å². The van der Waals surface area contributed by atoms with Crippen molar-refractivity contribution in [2.24, 2.45) is 5.92 Å². The number of anilines is 1. The Morgan fingerprint density at radius 3 is 2.00 bits per heavy atom. The first-order chi connectivity index (χ1) is 13.3. The van der Waals surface area contributed by atoms with E-state index in [-0.39, 0.29) is 5.75 Å². The highest BCUT2D eigenvalue weighted by molar-refractivity contribution is 5.94. The van der Waals surface area contributed by atoms with Crippen LogP contribution in [0.25, 0.3) is 0 Å². The van der Waals surface area contributed by atoms with Crippen LogP contribution >= 0.6 is 0 Å². The Labute approximate surface area is 157 Å². The normalized spacial score (nSPS) is 12.0. The first-order valence-electron chi connectivity index (χ1n) is 7.44. The average Bonchev–Trinajstić information content (AvgIpc) is 2.53. The van der Waals surface area contributed by atoms with E-state index < -0.39 is 52.0 Å².